The van der Waals surface area contributed by atoms with Crippen LogP contribution in [0.4, 0.5) is 0 Å². The fourth-order valence-corrected chi connectivity index (χ4v) is 2.63. The summed E-state index contributed by atoms with van der Waals surface area (Å²) in [6.45, 7) is 5.87. The zero-order chi connectivity index (χ0) is 9.35. The number of amidine groups is 1. The van der Waals surface area contributed by atoms with Gasteiger partial charge in [0.1, 0.15) is 5.84 Å². The van der Waals surface area contributed by atoms with Crippen LogP contribution in [0.15, 0.2) is 17.6 Å². The maximum Gasteiger partial charge on any atom is 0.163 e. The van der Waals surface area contributed by atoms with Crippen LogP contribution >= 0.6 is 24.0 Å². The summed E-state index contributed by atoms with van der Waals surface area (Å²) < 4.78 is 0.557. The van der Waals surface area contributed by atoms with Gasteiger partial charge < -0.3 is 4.90 Å². The molecule has 0 N–H and O–H groups in total. The summed E-state index contributed by atoms with van der Waals surface area (Å²) in [6.07, 6.45) is 1.88. The molecule has 1 aliphatic heterocycles. The standard InChI is InChI=1S/C8H12N2S2/c1-5-8(2)6(10(3)4)9-7(11)12-8/h5H,1H2,2-4H3. The fourth-order valence-electron chi connectivity index (χ4n) is 1.12. The van der Waals surface area contributed by atoms with Crippen molar-refractivity contribution in [3.63, 3.8) is 0 Å². The Labute approximate surface area is 82.7 Å². The molecule has 1 aliphatic rings. The van der Waals surface area contributed by atoms with E-state index in [-0.39, 0.29) is 4.75 Å². The van der Waals surface area contributed by atoms with E-state index in [1.807, 2.05) is 25.1 Å². The first-order chi connectivity index (χ1) is 5.49. The molecule has 0 bridgehead atoms. The molecule has 0 fully saturated rings. The lowest BCUT2D eigenvalue weighted by atomic mass is 10.1. The highest BCUT2D eigenvalue weighted by Gasteiger charge is 2.36. The van der Waals surface area contributed by atoms with Crippen molar-refractivity contribution in [1.82, 2.24) is 4.90 Å². The highest BCUT2D eigenvalue weighted by molar-refractivity contribution is 8.25. The first-order valence-corrected chi connectivity index (χ1v) is 4.85. The molecule has 1 unspecified atom stereocenters. The van der Waals surface area contributed by atoms with E-state index in [1.165, 1.54) is 0 Å². The van der Waals surface area contributed by atoms with Gasteiger partial charge in [-0.3, -0.25) is 0 Å². The molecule has 0 aromatic rings. The Balaban J connectivity index is 3.02. The Morgan fingerprint density at radius 1 is 1.67 bits per heavy atom. The zero-order valence-corrected chi connectivity index (χ0v) is 9.13. The van der Waals surface area contributed by atoms with Gasteiger partial charge in [-0.1, -0.05) is 30.1 Å². The highest BCUT2D eigenvalue weighted by atomic mass is 32.2. The van der Waals surface area contributed by atoms with Gasteiger partial charge in [0, 0.05) is 14.1 Å². The van der Waals surface area contributed by atoms with Crippen LogP contribution in [0.1, 0.15) is 6.92 Å². The molecule has 0 amide bonds. The number of thiocarbonyl (C=S) groups is 1. The van der Waals surface area contributed by atoms with Crippen molar-refractivity contribution >= 4 is 34.1 Å². The minimum Gasteiger partial charge on any atom is -0.365 e. The lowest BCUT2D eigenvalue weighted by molar-refractivity contribution is 0.600. The molecular formula is C8H12N2S2. The Hall–Kier alpha value is -0.350. The minimum atomic E-state index is -0.138. The van der Waals surface area contributed by atoms with Crippen molar-refractivity contribution in [2.75, 3.05) is 14.1 Å². The lowest BCUT2D eigenvalue weighted by Gasteiger charge is -2.24. The summed E-state index contributed by atoms with van der Waals surface area (Å²) in [5, 5.41) is 0. The molecule has 12 heavy (non-hydrogen) atoms. The Bertz CT molecular complexity index is 258. The Morgan fingerprint density at radius 3 is 2.58 bits per heavy atom. The molecule has 0 aromatic heterocycles. The van der Waals surface area contributed by atoms with Crippen LogP contribution in [0.5, 0.6) is 0 Å². The largest absolute Gasteiger partial charge is 0.365 e. The smallest absolute Gasteiger partial charge is 0.163 e. The molecule has 0 spiro atoms. The number of aliphatic imine (C=N–C) groups is 1. The highest BCUT2D eigenvalue weighted by Crippen LogP contribution is 2.36. The summed E-state index contributed by atoms with van der Waals surface area (Å²) in [6, 6.07) is 0. The van der Waals surface area contributed by atoms with Crippen molar-refractivity contribution in [3.05, 3.63) is 12.7 Å². The van der Waals surface area contributed by atoms with Crippen LogP contribution in [0.2, 0.25) is 0 Å². The molecule has 0 aromatic carbocycles. The first-order valence-electron chi connectivity index (χ1n) is 3.62. The maximum absolute atomic E-state index is 5.03. The number of nitrogens with zero attached hydrogens (tertiary/aromatic N) is 2. The number of thioether (sulfide) groups is 1. The first kappa shape index (κ1) is 9.74. The van der Waals surface area contributed by atoms with Crippen molar-refractivity contribution in [2.24, 2.45) is 4.99 Å². The zero-order valence-electron chi connectivity index (χ0n) is 7.50. The van der Waals surface area contributed by atoms with Crippen molar-refractivity contribution < 1.29 is 0 Å². The fraction of sp³-hybridized carbons (Fsp3) is 0.500. The quantitative estimate of drug-likeness (QED) is 0.475. The lowest BCUT2D eigenvalue weighted by Crippen LogP contribution is -2.37. The molecule has 0 saturated heterocycles. The second-order valence-corrected chi connectivity index (χ2v) is 5.09. The number of hydrogen-bond donors (Lipinski definition) is 0. The van der Waals surface area contributed by atoms with Crippen molar-refractivity contribution in [2.45, 2.75) is 11.7 Å². The van der Waals surface area contributed by atoms with Gasteiger partial charge in [0.25, 0.3) is 0 Å². The predicted octanol–water partition coefficient (Wildman–Crippen LogP) is 1.92. The second kappa shape index (κ2) is 3.18. The van der Waals surface area contributed by atoms with Crippen LogP contribution in [0.25, 0.3) is 0 Å². The van der Waals surface area contributed by atoms with Gasteiger partial charge in [0.2, 0.25) is 0 Å². The van der Waals surface area contributed by atoms with Crippen LogP contribution in [-0.4, -0.2) is 33.9 Å². The summed E-state index contributed by atoms with van der Waals surface area (Å²) in [5.74, 6) is 0.979. The van der Waals surface area contributed by atoms with Gasteiger partial charge in [-0.05, 0) is 6.92 Å². The van der Waals surface area contributed by atoms with Gasteiger partial charge in [-0.25, -0.2) is 4.99 Å². The van der Waals surface area contributed by atoms with E-state index in [1.54, 1.807) is 11.8 Å². The summed E-state index contributed by atoms with van der Waals surface area (Å²) in [7, 11) is 3.93. The molecule has 0 aliphatic carbocycles. The van der Waals surface area contributed by atoms with Crippen molar-refractivity contribution in [3.8, 4) is 0 Å². The molecule has 2 nitrogen and oxygen atoms in total. The number of hydrogen-bond acceptors (Lipinski definition) is 3. The van der Waals surface area contributed by atoms with Crippen molar-refractivity contribution in [1.29, 1.82) is 0 Å². The molecular weight excluding hydrogens is 188 g/mol. The van der Waals surface area contributed by atoms with E-state index >= 15 is 0 Å². The van der Waals surface area contributed by atoms with Gasteiger partial charge >= 0.3 is 0 Å². The third-order valence-electron chi connectivity index (χ3n) is 1.75. The van der Waals surface area contributed by atoms with Gasteiger partial charge in [-0.15, -0.1) is 6.58 Å². The average molecular weight is 200 g/mol. The Kier molecular flexibility index (Phi) is 2.58. The normalized spacial score (nSPS) is 28.6. The predicted molar refractivity (Wildman–Crippen MR) is 59.9 cm³/mol. The van der Waals surface area contributed by atoms with E-state index in [0.717, 1.165) is 5.84 Å². The van der Waals surface area contributed by atoms with Gasteiger partial charge in [0.15, 0.2) is 4.32 Å². The SMILES string of the molecule is C=CC1(C)SC(=S)N=C1N(C)C. The summed E-state index contributed by atoms with van der Waals surface area (Å²) in [4.78, 5) is 6.26. The molecule has 1 atom stereocenters. The average Bonchev–Trinajstić information content (AvgIpc) is 2.27. The van der Waals surface area contributed by atoms with E-state index in [0.29, 0.717) is 4.32 Å². The van der Waals surface area contributed by atoms with Crippen LogP contribution < -0.4 is 0 Å². The Morgan fingerprint density at radius 2 is 2.25 bits per heavy atom. The van der Waals surface area contributed by atoms with E-state index in [9.17, 15) is 0 Å². The summed E-state index contributed by atoms with van der Waals surface area (Å²) in [5.41, 5.74) is 0. The van der Waals surface area contributed by atoms with Gasteiger partial charge in [0.05, 0.1) is 4.75 Å². The van der Waals surface area contributed by atoms with E-state index in [4.69, 9.17) is 12.2 Å². The molecule has 1 rings (SSSR count). The van der Waals surface area contributed by atoms with Gasteiger partial charge in [-0.2, -0.15) is 0 Å². The molecule has 1 heterocycles. The molecule has 66 valence electrons. The minimum absolute atomic E-state index is 0.138. The van der Waals surface area contributed by atoms with Crippen LogP contribution in [0.3, 0.4) is 0 Å². The second-order valence-electron chi connectivity index (χ2n) is 3.01. The molecule has 0 saturated carbocycles. The van der Waals surface area contributed by atoms with E-state index < -0.39 is 0 Å². The monoisotopic (exact) mass is 200 g/mol. The third-order valence-corrected chi connectivity index (χ3v) is 3.13. The molecule has 4 heteroatoms. The molecule has 0 radical (unpaired) electrons. The summed E-state index contributed by atoms with van der Waals surface area (Å²) >= 11 is 6.60. The van der Waals surface area contributed by atoms with Crippen LogP contribution in [0, 0.1) is 0 Å². The topological polar surface area (TPSA) is 15.6 Å². The third kappa shape index (κ3) is 1.54. The maximum atomic E-state index is 5.03. The van der Waals surface area contributed by atoms with Crippen LogP contribution in [-0.2, 0) is 0 Å². The number of rotatable bonds is 1. The van der Waals surface area contributed by atoms with E-state index in [2.05, 4.69) is 18.5 Å².